The molecule has 2 heteroatoms. The van der Waals surface area contributed by atoms with Crippen molar-refractivity contribution in [3.63, 3.8) is 0 Å². The van der Waals surface area contributed by atoms with Crippen LogP contribution in [0.15, 0.2) is 24.3 Å². The van der Waals surface area contributed by atoms with E-state index in [4.69, 9.17) is 0 Å². The number of nitrogens with zero attached hydrogens (tertiary/aromatic N) is 1. The summed E-state index contributed by atoms with van der Waals surface area (Å²) >= 11 is 0. The van der Waals surface area contributed by atoms with Gasteiger partial charge in [-0.1, -0.05) is 43.7 Å². The molecule has 1 aliphatic heterocycles. The monoisotopic (exact) mass is 274 g/mol. The van der Waals surface area contributed by atoms with Gasteiger partial charge >= 0.3 is 0 Å². The molecule has 1 heterocycles. The number of likely N-dealkylation sites (N-methyl/N-ethyl adjacent to an activating group) is 1. The molecule has 1 aromatic rings. The average molecular weight is 274 g/mol. The lowest BCUT2D eigenvalue weighted by atomic mass is 9.88. The molecule has 0 aliphatic carbocycles. The highest BCUT2D eigenvalue weighted by Crippen LogP contribution is 2.21. The van der Waals surface area contributed by atoms with Crippen LogP contribution in [0, 0.1) is 18.8 Å². The summed E-state index contributed by atoms with van der Waals surface area (Å²) in [6.07, 6.45) is 2.52. The van der Waals surface area contributed by atoms with Crippen LogP contribution in [-0.4, -0.2) is 37.6 Å². The first kappa shape index (κ1) is 15.5. The van der Waals surface area contributed by atoms with E-state index in [9.17, 15) is 0 Å². The molecule has 0 bridgehead atoms. The zero-order chi connectivity index (χ0) is 14.5. The van der Waals surface area contributed by atoms with Crippen molar-refractivity contribution in [3.05, 3.63) is 35.4 Å². The number of benzene rings is 1. The van der Waals surface area contributed by atoms with Crippen molar-refractivity contribution in [2.24, 2.45) is 11.8 Å². The van der Waals surface area contributed by atoms with Gasteiger partial charge in [-0.15, -0.1) is 0 Å². The highest BCUT2D eigenvalue weighted by molar-refractivity contribution is 5.21. The first-order valence-corrected chi connectivity index (χ1v) is 8.00. The number of nitrogens with one attached hydrogen (secondary N) is 1. The first-order chi connectivity index (χ1) is 9.52. The molecule has 112 valence electrons. The molecular formula is C18H30N2. The molecule has 1 saturated heterocycles. The Morgan fingerprint density at radius 3 is 2.55 bits per heavy atom. The normalized spacial score (nSPS) is 24.2. The van der Waals surface area contributed by atoms with Gasteiger partial charge in [0.15, 0.2) is 0 Å². The van der Waals surface area contributed by atoms with Crippen LogP contribution in [0.5, 0.6) is 0 Å². The van der Waals surface area contributed by atoms with Gasteiger partial charge in [0, 0.05) is 19.1 Å². The molecule has 1 aliphatic rings. The van der Waals surface area contributed by atoms with Gasteiger partial charge in [0.25, 0.3) is 0 Å². The summed E-state index contributed by atoms with van der Waals surface area (Å²) in [6, 6.07) is 9.71. The highest BCUT2D eigenvalue weighted by Gasteiger charge is 2.25. The van der Waals surface area contributed by atoms with Crippen LogP contribution in [0.4, 0.5) is 0 Å². The van der Waals surface area contributed by atoms with E-state index in [2.05, 4.69) is 62.3 Å². The number of hydrogen-bond donors (Lipinski definition) is 1. The molecule has 0 spiro atoms. The molecule has 2 nitrogen and oxygen atoms in total. The van der Waals surface area contributed by atoms with E-state index in [0.29, 0.717) is 6.04 Å². The van der Waals surface area contributed by atoms with Crippen LogP contribution in [0.3, 0.4) is 0 Å². The summed E-state index contributed by atoms with van der Waals surface area (Å²) < 4.78 is 0. The van der Waals surface area contributed by atoms with Crippen LogP contribution in [-0.2, 0) is 6.42 Å². The van der Waals surface area contributed by atoms with Gasteiger partial charge < -0.3 is 10.2 Å². The molecule has 2 rings (SSSR count). The molecule has 0 radical (unpaired) electrons. The smallest absolute Gasteiger partial charge is 0.0198 e. The molecule has 1 aromatic carbocycles. The maximum atomic E-state index is 3.73. The van der Waals surface area contributed by atoms with E-state index in [1.807, 2.05) is 0 Å². The molecule has 20 heavy (non-hydrogen) atoms. The Morgan fingerprint density at radius 2 is 1.90 bits per heavy atom. The third kappa shape index (κ3) is 4.92. The van der Waals surface area contributed by atoms with Gasteiger partial charge in [0.2, 0.25) is 0 Å². The van der Waals surface area contributed by atoms with Crippen molar-refractivity contribution in [2.75, 3.05) is 26.7 Å². The van der Waals surface area contributed by atoms with Gasteiger partial charge in [-0.05, 0) is 50.8 Å². The molecule has 1 fully saturated rings. The summed E-state index contributed by atoms with van der Waals surface area (Å²) in [6.45, 7) is 10.3. The lowest BCUT2D eigenvalue weighted by Crippen LogP contribution is -2.48. The zero-order valence-electron chi connectivity index (χ0n) is 13.5. The zero-order valence-corrected chi connectivity index (χ0v) is 13.5. The second-order valence-corrected chi connectivity index (χ2v) is 7.01. The first-order valence-electron chi connectivity index (χ1n) is 8.00. The lowest BCUT2D eigenvalue weighted by Gasteiger charge is -2.36. The van der Waals surface area contributed by atoms with E-state index in [1.165, 1.54) is 37.1 Å². The van der Waals surface area contributed by atoms with Crippen LogP contribution in [0.2, 0.25) is 0 Å². The van der Waals surface area contributed by atoms with Gasteiger partial charge in [-0.25, -0.2) is 0 Å². The summed E-state index contributed by atoms with van der Waals surface area (Å²) in [5.41, 5.74) is 2.84. The summed E-state index contributed by atoms with van der Waals surface area (Å²) in [5, 5.41) is 3.73. The Bertz CT molecular complexity index is 396. The van der Waals surface area contributed by atoms with Crippen LogP contribution in [0.1, 0.15) is 31.4 Å². The van der Waals surface area contributed by atoms with Gasteiger partial charge in [0.1, 0.15) is 0 Å². The van der Waals surface area contributed by atoms with Gasteiger partial charge in [-0.3, -0.25) is 0 Å². The number of rotatable bonds is 5. The van der Waals surface area contributed by atoms with Gasteiger partial charge in [0.05, 0.1) is 0 Å². The average Bonchev–Trinajstić information content (AvgIpc) is 2.38. The number of piperidine rings is 1. The summed E-state index contributed by atoms with van der Waals surface area (Å²) in [4.78, 5) is 2.49. The van der Waals surface area contributed by atoms with E-state index in [-0.39, 0.29) is 0 Å². The maximum Gasteiger partial charge on any atom is 0.0198 e. The molecule has 0 aromatic heterocycles. The Labute approximate surface area is 124 Å². The molecular weight excluding hydrogens is 244 g/mol. The molecule has 2 atom stereocenters. The number of aryl methyl sites for hydroxylation is 1. The molecule has 0 amide bonds. The fourth-order valence-electron chi connectivity index (χ4n) is 3.20. The molecule has 1 N–H and O–H groups in total. The minimum atomic E-state index is 0.659. The minimum absolute atomic E-state index is 0.659. The predicted octanol–water partition coefficient (Wildman–Crippen LogP) is 3.10. The van der Waals surface area contributed by atoms with E-state index >= 15 is 0 Å². The van der Waals surface area contributed by atoms with Crippen molar-refractivity contribution in [2.45, 2.75) is 39.7 Å². The van der Waals surface area contributed by atoms with Crippen molar-refractivity contribution < 1.29 is 0 Å². The Kier molecular flexibility index (Phi) is 5.62. The standard InChI is InChI=1S/C18H30N2/c1-14(2)11-19-18-10-17(12-20(4)13-18)9-16-7-5-15(3)6-8-16/h5-8,14,17-19H,9-13H2,1-4H3. The quantitative estimate of drug-likeness (QED) is 0.887. The Morgan fingerprint density at radius 1 is 1.20 bits per heavy atom. The van der Waals surface area contributed by atoms with Crippen molar-refractivity contribution in [1.82, 2.24) is 10.2 Å². The van der Waals surface area contributed by atoms with Crippen LogP contribution in [0.25, 0.3) is 0 Å². The van der Waals surface area contributed by atoms with Gasteiger partial charge in [-0.2, -0.15) is 0 Å². The van der Waals surface area contributed by atoms with Crippen molar-refractivity contribution in [3.8, 4) is 0 Å². The number of hydrogen-bond acceptors (Lipinski definition) is 2. The second-order valence-electron chi connectivity index (χ2n) is 7.01. The van der Waals surface area contributed by atoms with Crippen molar-refractivity contribution in [1.29, 1.82) is 0 Å². The minimum Gasteiger partial charge on any atom is -0.312 e. The van der Waals surface area contributed by atoms with Crippen LogP contribution < -0.4 is 5.32 Å². The van der Waals surface area contributed by atoms with E-state index in [1.54, 1.807) is 0 Å². The summed E-state index contributed by atoms with van der Waals surface area (Å²) in [7, 11) is 2.26. The molecule has 2 unspecified atom stereocenters. The SMILES string of the molecule is Cc1ccc(CC2CC(NCC(C)C)CN(C)C2)cc1. The maximum absolute atomic E-state index is 3.73. The molecule has 0 saturated carbocycles. The number of likely N-dealkylation sites (tertiary alicyclic amines) is 1. The Balaban J connectivity index is 1.88. The topological polar surface area (TPSA) is 15.3 Å². The fraction of sp³-hybridized carbons (Fsp3) is 0.667. The lowest BCUT2D eigenvalue weighted by molar-refractivity contribution is 0.166. The largest absolute Gasteiger partial charge is 0.312 e. The van der Waals surface area contributed by atoms with Crippen molar-refractivity contribution >= 4 is 0 Å². The van der Waals surface area contributed by atoms with E-state index in [0.717, 1.165) is 18.4 Å². The fourth-order valence-corrected chi connectivity index (χ4v) is 3.20. The van der Waals surface area contributed by atoms with Crippen LogP contribution >= 0.6 is 0 Å². The second kappa shape index (κ2) is 7.24. The third-order valence-corrected chi connectivity index (χ3v) is 4.18. The predicted molar refractivity (Wildman–Crippen MR) is 87.1 cm³/mol. The highest BCUT2D eigenvalue weighted by atomic mass is 15.1. The van der Waals surface area contributed by atoms with E-state index < -0.39 is 0 Å². The Hall–Kier alpha value is -0.860. The summed E-state index contributed by atoms with van der Waals surface area (Å²) in [5.74, 6) is 1.51. The third-order valence-electron chi connectivity index (χ3n) is 4.18.